The lowest BCUT2D eigenvalue weighted by atomic mass is 10.0. The molecule has 142 valence electrons. The average Bonchev–Trinajstić information content (AvgIpc) is 3.18. The van der Waals surface area contributed by atoms with Crippen molar-refractivity contribution >= 4 is 17.6 Å². The highest BCUT2D eigenvalue weighted by atomic mass is 16.5. The molecule has 1 aromatic carbocycles. The molecule has 28 heavy (non-hydrogen) atoms. The molecular weight excluding hydrogens is 356 g/mol. The summed E-state index contributed by atoms with van der Waals surface area (Å²) in [4.78, 5) is 31.9. The summed E-state index contributed by atoms with van der Waals surface area (Å²) in [6.07, 6.45) is 2.50. The van der Waals surface area contributed by atoms with Gasteiger partial charge in [-0.25, -0.2) is 4.79 Å². The third kappa shape index (κ3) is 3.11. The fourth-order valence-electron chi connectivity index (χ4n) is 3.41. The number of pyridine rings is 1. The van der Waals surface area contributed by atoms with E-state index in [1.165, 1.54) is 7.11 Å². The van der Waals surface area contributed by atoms with Gasteiger partial charge in [0.2, 0.25) is 0 Å². The number of carbonyl (C=O) groups is 2. The monoisotopic (exact) mass is 376 g/mol. The van der Waals surface area contributed by atoms with Crippen LogP contribution in [-0.4, -0.2) is 42.5 Å². The van der Waals surface area contributed by atoms with Crippen LogP contribution in [0.25, 0.3) is 22.5 Å². The van der Waals surface area contributed by atoms with Crippen LogP contribution in [0, 0.1) is 0 Å². The Labute approximate surface area is 162 Å². The van der Waals surface area contributed by atoms with Crippen LogP contribution < -0.4 is 10.6 Å². The van der Waals surface area contributed by atoms with Crippen LogP contribution in [0.15, 0.2) is 42.6 Å². The van der Waals surface area contributed by atoms with Crippen molar-refractivity contribution in [3.05, 3.63) is 59.4 Å². The Morgan fingerprint density at radius 1 is 1.18 bits per heavy atom. The zero-order valence-corrected chi connectivity index (χ0v) is 15.6. The minimum Gasteiger partial charge on any atom is -0.465 e. The number of ether oxygens (including phenoxy) is 1. The predicted molar refractivity (Wildman–Crippen MR) is 106 cm³/mol. The number of fused-ring (bicyclic) bond motifs is 1. The lowest BCUT2D eigenvalue weighted by molar-refractivity contribution is 0.0601. The van der Waals surface area contributed by atoms with E-state index in [9.17, 15) is 9.59 Å². The average molecular weight is 376 g/mol. The highest BCUT2D eigenvalue weighted by Crippen LogP contribution is 2.29. The quantitative estimate of drug-likeness (QED) is 0.609. The van der Waals surface area contributed by atoms with Crippen molar-refractivity contribution in [2.45, 2.75) is 6.42 Å². The summed E-state index contributed by atoms with van der Waals surface area (Å²) in [5, 5.41) is 5.85. The molecular formula is C21H20N4O3. The van der Waals surface area contributed by atoms with Gasteiger partial charge in [0.05, 0.1) is 23.9 Å². The van der Waals surface area contributed by atoms with E-state index in [1.807, 2.05) is 30.3 Å². The standard InChI is InChI=1S/C21H20N4O3/c1-22-16-4-3-12(9-15(16)21(27)28-2)18-10-13(5-7-23-18)19-11-14-17(25-19)6-8-24-20(14)26/h3-5,7,9-11,22,25H,6,8H2,1-2H3,(H,24,26). The third-order valence-corrected chi connectivity index (χ3v) is 4.87. The number of amides is 1. The molecule has 0 radical (unpaired) electrons. The molecule has 3 N–H and O–H groups in total. The third-order valence-electron chi connectivity index (χ3n) is 4.87. The van der Waals surface area contributed by atoms with E-state index < -0.39 is 5.97 Å². The van der Waals surface area contributed by atoms with Crippen molar-refractivity contribution in [1.82, 2.24) is 15.3 Å². The molecule has 0 fully saturated rings. The van der Waals surface area contributed by atoms with Crippen LogP contribution in [0.1, 0.15) is 26.4 Å². The molecule has 0 spiro atoms. The van der Waals surface area contributed by atoms with E-state index in [2.05, 4.69) is 20.6 Å². The van der Waals surface area contributed by atoms with Crippen LogP contribution in [0.2, 0.25) is 0 Å². The van der Waals surface area contributed by atoms with E-state index >= 15 is 0 Å². The maximum Gasteiger partial charge on any atom is 0.339 e. The minimum absolute atomic E-state index is 0.0524. The van der Waals surface area contributed by atoms with Gasteiger partial charge in [0.1, 0.15) is 0 Å². The Morgan fingerprint density at radius 3 is 2.79 bits per heavy atom. The van der Waals surface area contributed by atoms with E-state index in [4.69, 9.17) is 4.74 Å². The Balaban J connectivity index is 1.74. The number of benzene rings is 1. The number of carbonyl (C=O) groups excluding carboxylic acids is 2. The van der Waals surface area contributed by atoms with Gasteiger partial charge in [0.25, 0.3) is 5.91 Å². The smallest absolute Gasteiger partial charge is 0.339 e. The van der Waals surface area contributed by atoms with Gasteiger partial charge in [-0.2, -0.15) is 0 Å². The predicted octanol–water partition coefficient (Wildman–Crippen LogP) is 2.86. The summed E-state index contributed by atoms with van der Waals surface area (Å²) in [5.41, 5.74) is 6.08. The summed E-state index contributed by atoms with van der Waals surface area (Å²) in [6.45, 7) is 0.640. The van der Waals surface area contributed by atoms with Gasteiger partial charge >= 0.3 is 5.97 Å². The molecule has 4 rings (SSSR count). The van der Waals surface area contributed by atoms with Crippen LogP contribution >= 0.6 is 0 Å². The van der Waals surface area contributed by atoms with Gasteiger partial charge < -0.3 is 20.4 Å². The molecule has 2 aromatic heterocycles. The normalized spacial score (nSPS) is 12.9. The first kappa shape index (κ1) is 17.8. The zero-order valence-electron chi connectivity index (χ0n) is 15.6. The number of H-pyrrole nitrogens is 1. The zero-order chi connectivity index (χ0) is 19.7. The number of methoxy groups -OCH3 is 1. The number of nitrogens with zero attached hydrogens (tertiary/aromatic N) is 1. The second-order valence-corrected chi connectivity index (χ2v) is 6.51. The van der Waals surface area contributed by atoms with Crippen molar-refractivity contribution in [1.29, 1.82) is 0 Å². The van der Waals surface area contributed by atoms with Crippen molar-refractivity contribution in [2.24, 2.45) is 0 Å². The molecule has 7 heteroatoms. The van der Waals surface area contributed by atoms with Crippen molar-refractivity contribution < 1.29 is 14.3 Å². The molecule has 0 saturated carbocycles. The van der Waals surface area contributed by atoms with E-state index in [0.29, 0.717) is 23.4 Å². The first-order valence-electron chi connectivity index (χ1n) is 8.97. The lowest BCUT2D eigenvalue weighted by Gasteiger charge is -2.11. The number of rotatable bonds is 4. The van der Waals surface area contributed by atoms with E-state index in [1.54, 1.807) is 19.3 Å². The Bertz CT molecular complexity index is 1070. The molecule has 3 heterocycles. The van der Waals surface area contributed by atoms with Crippen molar-refractivity contribution in [2.75, 3.05) is 26.0 Å². The first-order chi connectivity index (χ1) is 13.6. The highest BCUT2D eigenvalue weighted by molar-refractivity contribution is 5.98. The molecule has 1 aliphatic rings. The highest BCUT2D eigenvalue weighted by Gasteiger charge is 2.20. The fourth-order valence-corrected chi connectivity index (χ4v) is 3.41. The Hall–Kier alpha value is -3.61. The molecule has 1 aliphatic heterocycles. The second-order valence-electron chi connectivity index (χ2n) is 6.51. The largest absolute Gasteiger partial charge is 0.465 e. The Kier molecular flexibility index (Phi) is 4.57. The number of nitrogens with one attached hydrogen (secondary N) is 3. The molecule has 0 saturated heterocycles. The molecule has 1 amide bonds. The van der Waals surface area contributed by atoms with Gasteiger partial charge in [-0.3, -0.25) is 9.78 Å². The summed E-state index contributed by atoms with van der Waals surface area (Å²) >= 11 is 0. The molecule has 0 unspecified atom stereocenters. The summed E-state index contributed by atoms with van der Waals surface area (Å²) in [6, 6.07) is 11.2. The summed E-state index contributed by atoms with van der Waals surface area (Å²) in [7, 11) is 3.11. The molecule has 7 nitrogen and oxygen atoms in total. The van der Waals surface area contributed by atoms with Crippen LogP contribution in [-0.2, 0) is 11.2 Å². The second kappa shape index (κ2) is 7.19. The maximum absolute atomic E-state index is 12.1. The van der Waals surface area contributed by atoms with Crippen LogP contribution in [0.5, 0.6) is 0 Å². The number of hydrogen-bond donors (Lipinski definition) is 3. The topological polar surface area (TPSA) is 96.1 Å². The number of aromatic amines is 1. The molecule has 0 bridgehead atoms. The number of anilines is 1. The van der Waals surface area contributed by atoms with Crippen LogP contribution in [0.4, 0.5) is 5.69 Å². The van der Waals surface area contributed by atoms with Gasteiger partial charge in [-0.1, -0.05) is 6.07 Å². The first-order valence-corrected chi connectivity index (χ1v) is 8.97. The van der Waals surface area contributed by atoms with Gasteiger partial charge in [0, 0.05) is 54.4 Å². The van der Waals surface area contributed by atoms with E-state index in [-0.39, 0.29) is 5.91 Å². The van der Waals surface area contributed by atoms with Gasteiger partial charge in [-0.05, 0) is 30.3 Å². The van der Waals surface area contributed by atoms with Crippen molar-refractivity contribution in [3.63, 3.8) is 0 Å². The van der Waals surface area contributed by atoms with Crippen molar-refractivity contribution in [3.8, 4) is 22.5 Å². The maximum atomic E-state index is 12.1. The fraction of sp³-hybridized carbons (Fsp3) is 0.190. The number of esters is 1. The summed E-state index contributed by atoms with van der Waals surface area (Å²) < 4.78 is 4.88. The number of hydrogen-bond acceptors (Lipinski definition) is 5. The SMILES string of the molecule is CNc1ccc(-c2cc(-c3cc4c([nH]3)CCNC4=O)ccn2)cc1C(=O)OC. The lowest BCUT2D eigenvalue weighted by Crippen LogP contribution is -2.31. The molecule has 0 atom stereocenters. The summed E-state index contributed by atoms with van der Waals surface area (Å²) in [5.74, 6) is -0.464. The van der Waals surface area contributed by atoms with Crippen LogP contribution in [0.3, 0.4) is 0 Å². The van der Waals surface area contributed by atoms with E-state index in [0.717, 1.165) is 34.6 Å². The molecule has 0 aliphatic carbocycles. The van der Waals surface area contributed by atoms with Gasteiger partial charge in [0.15, 0.2) is 0 Å². The number of aromatic nitrogens is 2. The van der Waals surface area contributed by atoms with Gasteiger partial charge in [-0.15, -0.1) is 0 Å². The Morgan fingerprint density at radius 2 is 2.04 bits per heavy atom. The molecule has 3 aromatic rings. The minimum atomic E-state index is -0.412.